The number of esters is 1. The lowest BCUT2D eigenvalue weighted by molar-refractivity contribution is -0.127. The van der Waals surface area contributed by atoms with Crippen LogP contribution in [0, 0.1) is 0 Å². The number of nitrogens with one attached hydrogen (secondary N) is 1. The van der Waals surface area contributed by atoms with Crippen molar-refractivity contribution in [2.45, 2.75) is 38.5 Å². The molecule has 2 amide bonds. The molecule has 3 heterocycles. The van der Waals surface area contributed by atoms with Crippen molar-refractivity contribution in [2.24, 2.45) is 7.05 Å². The van der Waals surface area contributed by atoms with Crippen molar-refractivity contribution in [1.82, 2.24) is 29.9 Å². The molecule has 12 nitrogen and oxygen atoms in total. The van der Waals surface area contributed by atoms with Gasteiger partial charge in [0.1, 0.15) is 17.9 Å². The average molecular weight is 596 g/mol. The summed E-state index contributed by atoms with van der Waals surface area (Å²) in [6.45, 7) is 2.72. The van der Waals surface area contributed by atoms with E-state index in [2.05, 4.69) is 15.6 Å². The summed E-state index contributed by atoms with van der Waals surface area (Å²) in [6.07, 6.45) is 1.67. The molecule has 1 aliphatic rings. The molecule has 0 bridgehead atoms. The molecule has 226 valence electrons. The minimum Gasteiger partial charge on any atom is -0.462 e. The topological polar surface area (TPSA) is 133 Å². The fourth-order valence-electron chi connectivity index (χ4n) is 5.52. The number of hydrogen-bond acceptors (Lipinski definition) is 8. The summed E-state index contributed by atoms with van der Waals surface area (Å²) in [5.74, 6) is -0.937. The molecule has 5 aromatic rings. The third-order valence-electron chi connectivity index (χ3n) is 7.73. The first kappa shape index (κ1) is 29.0. The van der Waals surface area contributed by atoms with Gasteiger partial charge < -0.3 is 19.4 Å². The number of hydrogen-bond donors (Lipinski definition) is 1. The molecular formula is C32H33N7O5. The number of fused-ring (bicyclic) bond motifs is 2. The lowest BCUT2D eigenvalue weighted by Crippen LogP contribution is -2.47. The summed E-state index contributed by atoms with van der Waals surface area (Å²) in [5, 5.41) is 11.4. The summed E-state index contributed by atoms with van der Waals surface area (Å²) < 4.78 is 14.2. The van der Waals surface area contributed by atoms with E-state index < -0.39 is 23.8 Å². The maximum Gasteiger partial charge on any atom is 0.338 e. The Morgan fingerprint density at radius 1 is 1.02 bits per heavy atom. The van der Waals surface area contributed by atoms with E-state index in [1.54, 1.807) is 31.2 Å². The van der Waals surface area contributed by atoms with Gasteiger partial charge in [0.05, 0.1) is 34.8 Å². The van der Waals surface area contributed by atoms with Crippen molar-refractivity contribution < 1.29 is 23.9 Å². The first-order valence-electron chi connectivity index (χ1n) is 14.6. The van der Waals surface area contributed by atoms with Gasteiger partial charge in [-0.15, -0.1) is 5.10 Å². The Labute approximate surface area is 253 Å². The van der Waals surface area contributed by atoms with Crippen LogP contribution in [0.3, 0.4) is 0 Å². The lowest BCUT2D eigenvalue weighted by Gasteiger charge is -2.31. The summed E-state index contributed by atoms with van der Waals surface area (Å²) in [7, 11) is 1.82. The normalized spacial score (nSPS) is 15.4. The van der Waals surface area contributed by atoms with Gasteiger partial charge in [-0.05, 0) is 68.3 Å². The highest BCUT2D eigenvalue weighted by Gasteiger charge is 2.37. The average Bonchev–Trinajstić information content (AvgIpc) is 3.79. The first-order chi connectivity index (χ1) is 21.4. The molecule has 0 aliphatic carbocycles. The van der Waals surface area contributed by atoms with Crippen molar-refractivity contribution in [3.63, 3.8) is 0 Å². The van der Waals surface area contributed by atoms with Crippen LogP contribution in [0.1, 0.15) is 42.0 Å². The van der Waals surface area contributed by atoms with E-state index in [0.29, 0.717) is 46.8 Å². The number of rotatable bonds is 10. The molecular weight excluding hydrogens is 562 g/mol. The Kier molecular flexibility index (Phi) is 8.33. The monoisotopic (exact) mass is 595 g/mol. The number of amides is 2. The van der Waals surface area contributed by atoms with Crippen LogP contribution in [0.5, 0.6) is 0 Å². The number of aryl methyl sites for hydroxylation is 1. The van der Waals surface area contributed by atoms with E-state index in [4.69, 9.17) is 14.5 Å². The molecule has 1 saturated heterocycles. The molecule has 1 fully saturated rings. The van der Waals surface area contributed by atoms with Crippen LogP contribution in [0.15, 0.2) is 72.8 Å². The van der Waals surface area contributed by atoms with Crippen LogP contribution in [0.25, 0.3) is 22.1 Å². The molecule has 0 saturated carbocycles. The van der Waals surface area contributed by atoms with Crippen molar-refractivity contribution >= 4 is 45.5 Å². The zero-order valence-corrected chi connectivity index (χ0v) is 24.6. The number of benzene rings is 3. The Morgan fingerprint density at radius 2 is 1.75 bits per heavy atom. The first-order valence-corrected chi connectivity index (χ1v) is 14.6. The fourth-order valence-corrected chi connectivity index (χ4v) is 5.52. The molecule has 44 heavy (non-hydrogen) atoms. The van der Waals surface area contributed by atoms with Gasteiger partial charge in [0, 0.05) is 25.9 Å². The maximum absolute atomic E-state index is 14.4. The number of carbonyl (C=O) groups is 3. The number of nitrogens with zero attached hydrogens (tertiary/aromatic N) is 6. The highest BCUT2D eigenvalue weighted by molar-refractivity contribution is 6.02. The molecule has 0 radical (unpaired) electrons. The predicted molar refractivity (Wildman–Crippen MR) is 163 cm³/mol. The zero-order valence-electron chi connectivity index (χ0n) is 24.6. The van der Waals surface area contributed by atoms with E-state index in [1.807, 2.05) is 60.1 Å². The van der Waals surface area contributed by atoms with Gasteiger partial charge in [-0.25, -0.2) is 14.5 Å². The van der Waals surface area contributed by atoms with Crippen LogP contribution < -0.4 is 10.2 Å². The van der Waals surface area contributed by atoms with Crippen LogP contribution in [0.4, 0.5) is 5.69 Å². The van der Waals surface area contributed by atoms with Crippen molar-refractivity contribution in [1.29, 1.82) is 0 Å². The smallest absolute Gasteiger partial charge is 0.338 e. The Bertz CT molecular complexity index is 1810. The summed E-state index contributed by atoms with van der Waals surface area (Å²) in [4.78, 5) is 47.2. The fraction of sp³-hybridized carbons (Fsp3) is 0.312. The second-order valence-corrected chi connectivity index (χ2v) is 10.6. The van der Waals surface area contributed by atoms with Crippen LogP contribution in [0.2, 0.25) is 0 Å². The standard InChI is InChI=1S/C32H33N7O5/c1-3-43-32(42)21-14-16-22(17-15-21)39(28(40)20-38-27-13-7-5-11-25(27)35-36-38)29(31(41)33-19-23-9-8-18-44-23)30-34-24-10-4-6-12-26(24)37(30)2/h4-7,10-17,23,29H,3,8-9,18-20H2,1-2H3,(H,33,41). The van der Waals surface area contributed by atoms with Gasteiger partial charge in [-0.3, -0.25) is 14.5 Å². The SMILES string of the molecule is CCOC(=O)c1ccc(N(C(=O)Cn2nnc3ccccc32)C(C(=O)NCC2CCCO2)c2nc3ccccc3n2C)cc1. The van der Waals surface area contributed by atoms with Gasteiger partial charge in [0.2, 0.25) is 5.91 Å². The number of anilines is 1. The van der Waals surface area contributed by atoms with Gasteiger partial charge >= 0.3 is 5.97 Å². The highest BCUT2D eigenvalue weighted by Crippen LogP contribution is 2.31. The van der Waals surface area contributed by atoms with Crippen molar-refractivity contribution in [3.8, 4) is 0 Å². The van der Waals surface area contributed by atoms with Gasteiger partial charge in [0.15, 0.2) is 6.04 Å². The van der Waals surface area contributed by atoms with E-state index in [9.17, 15) is 14.4 Å². The number of ether oxygens (including phenoxy) is 2. The third kappa shape index (κ3) is 5.76. The highest BCUT2D eigenvalue weighted by atomic mass is 16.5. The van der Waals surface area contributed by atoms with Gasteiger partial charge in [0.25, 0.3) is 5.91 Å². The molecule has 6 rings (SSSR count). The predicted octanol–water partition coefficient (Wildman–Crippen LogP) is 3.56. The largest absolute Gasteiger partial charge is 0.462 e. The number of imidazole rings is 1. The molecule has 12 heteroatoms. The number of para-hydroxylation sites is 3. The zero-order chi connectivity index (χ0) is 30.6. The van der Waals surface area contributed by atoms with Crippen LogP contribution in [-0.2, 0) is 32.7 Å². The molecule has 0 spiro atoms. The molecule has 2 unspecified atom stereocenters. The van der Waals surface area contributed by atoms with Gasteiger partial charge in [-0.1, -0.05) is 29.5 Å². The Balaban J connectivity index is 1.44. The van der Waals surface area contributed by atoms with Gasteiger partial charge in [-0.2, -0.15) is 0 Å². The van der Waals surface area contributed by atoms with E-state index in [1.165, 1.54) is 9.58 Å². The quantitative estimate of drug-likeness (QED) is 0.242. The summed E-state index contributed by atoms with van der Waals surface area (Å²) >= 11 is 0. The number of aromatic nitrogens is 5. The van der Waals surface area contributed by atoms with Crippen LogP contribution >= 0.6 is 0 Å². The Morgan fingerprint density at radius 3 is 2.45 bits per heavy atom. The second kappa shape index (κ2) is 12.6. The second-order valence-electron chi connectivity index (χ2n) is 10.6. The number of carbonyl (C=O) groups excluding carboxylic acids is 3. The van der Waals surface area contributed by atoms with Crippen LogP contribution in [-0.4, -0.2) is 68.2 Å². The minimum absolute atomic E-state index is 0.102. The molecule has 1 N–H and O–H groups in total. The summed E-state index contributed by atoms with van der Waals surface area (Å²) in [6, 6.07) is 20.1. The van der Waals surface area contributed by atoms with E-state index in [0.717, 1.165) is 18.4 Å². The summed E-state index contributed by atoms with van der Waals surface area (Å²) in [5.41, 5.74) is 3.55. The van der Waals surface area contributed by atoms with E-state index in [-0.39, 0.29) is 19.3 Å². The maximum atomic E-state index is 14.4. The van der Waals surface area contributed by atoms with E-state index >= 15 is 0 Å². The minimum atomic E-state index is -1.16. The Hall–Kier alpha value is -5.10. The van der Waals surface area contributed by atoms with Crippen molar-refractivity contribution in [3.05, 3.63) is 84.2 Å². The molecule has 2 atom stereocenters. The lowest BCUT2D eigenvalue weighted by atomic mass is 10.1. The third-order valence-corrected chi connectivity index (χ3v) is 7.73. The molecule has 2 aromatic heterocycles. The van der Waals surface area contributed by atoms with Crippen molar-refractivity contribution in [2.75, 3.05) is 24.7 Å². The molecule has 3 aromatic carbocycles. The molecule has 1 aliphatic heterocycles.